The lowest BCUT2D eigenvalue weighted by atomic mass is 10.2. The van der Waals surface area contributed by atoms with Crippen molar-refractivity contribution in [2.75, 3.05) is 0 Å². The van der Waals surface area contributed by atoms with Crippen LogP contribution in [0, 0.1) is 0 Å². The third-order valence-electron chi connectivity index (χ3n) is 3.09. The van der Waals surface area contributed by atoms with Crippen molar-refractivity contribution in [2.24, 2.45) is 0 Å². The van der Waals surface area contributed by atoms with Gasteiger partial charge in [0.05, 0.1) is 11.6 Å². The van der Waals surface area contributed by atoms with E-state index in [1.807, 2.05) is 0 Å². The Bertz CT molecular complexity index is 1010. The van der Waals surface area contributed by atoms with E-state index in [1.54, 1.807) is 0 Å². The number of hydrogen-bond donors (Lipinski definition) is 1. The molecule has 0 radical (unpaired) electrons. The summed E-state index contributed by atoms with van der Waals surface area (Å²) >= 11 is 5.88. The summed E-state index contributed by atoms with van der Waals surface area (Å²) in [5.41, 5.74) is -2.52. The van der Waals surface area contributed by atoms with Gasteiger partial charge in [-0.2, -0.15) is 22.8 Å². The van der Waals surface area contributed by atoms with Gasteiger partial charge in [-0.15, -0.1) is 0 Å². The second-order valence-corrected chi connectivity index (χ2v) is 4.99. The highest BCUT2D eigenvalue weighted by molar-refractivity contribution is 6.33. The molecule has 3 rings (SSSR count). The van der Waals surface area contributed by atoms with Crippen molar-refractivity contribution in [3.05, 3.63) is 39.4 Å². The van der Waals surface area contributed by atoms with Crippen LogP contribution in [0.4, 0.5) is 13.2 Å². The van der Waals surface area contributed by atoms with Crippen molar-refractivity contribution in [1.29, 1.82) is 0 Å². The van der Waals surface area contributed by atoms with Crippen LogP contribution in [0.3, 0.4) is 0 Å². The SMILES string of the molecule is O=C(O)Cn1c(=O)c2ccc(C(F)(F)F)nc2n2ncc(Cl)c12. The van der Waals surface area contributed by atoms with E-state index in [4.69, 9.17) is 16.7 Å². The Hall–Kier alpha value is -2.62. The minimum absolute atomic E-state index is 0.0792. The number of aromatic nitrogens is 4. The van der Waals surface area contributed by atoms with Gasteiger partial charge in [-0.25, -0.2) is 4.98 Å². The van der Waals surface area contributed by atoms with Crippen LogP contribution >= 0.6 is 11.6 Å². The maximum atomic E-state index is 12.8. The predicted molar refractivity (Wildman–Crippen MR) is 72.4 cm³/mol. The van der Waals surface area contributed by atoms with Gasteiger partial charge in [0.2, 0.25) is 0 Å². The molecule has 0 aliphatic heterocycles. The molecule has 120 valence electrons. The first-order chi connectivity index (χ1) is 10.7. The summed E-state index contributed by atoms with van der Waals surface area (Å²) in [6.07, 6.45) is -3.61. The third kappa shape index (κ3) is 2.40. The maximum absolute atomic E-state index is 12.8. The van der Waals surface area contributed by atoms with E-state index >= 15 is 0 Å². The summed E-state index contributed by atoms with van der Waals surface area (Å²) in [4.78, 5) is 26.7. The number of carboxylic acids is 1. The van der Waals surface area contributed by atoms with E-state index in [2.05, 4.69) is 10.1 Å². The van der Waals surface area contributed by atoms with Crippen LogP contribution < -0.4 is 5.56 Å². The quantitative estimate of drug-likeness (QED) is 0.764. The van der Waals surface area contributed by atoms with Crippen LogP contribution in [-0.2, 0) is 17.5 Å². The lowest BCUT2D eigenvalue weighted by molar-refractivity contribution is -0.141. The highest BCUT2D eigenvalue weighted by atomic mass is 35.5. The number of aliphatic carboxylic acids is 1. The van der Waals surface area contributed by atoms with E-state index in [1.165, 1.54) is 0 Å². The molecule has 0 fully saturated rings. The molecule has 0 aliphatic rings. The Morgan fingerprint density at radius 1 is 1.35 bits per heavy atom. The van der Waals surface area contributed by atoms with Crippen LogP contribution in [0.15, 0.2) is 23.1 Å². The van der Waals surface area contributed by atoms with Gasteiger partial charge in [0.1, 0.15) is 17.3 Å². The number of alkyl halides is 3. The number of fused-ring (bicyclic) bond motifs is 3. The van der Waals surface area contributed by atoms with Crippen LogP contribution in [0.1, 0.15) is 5.69 Å². The number of carbonyl (C=O) groups is 1. The highest BCUT2D eigenvalue weighted by Gasteiger charge is 2.33. The second kappa shape index (κ2) is 4.95. The lowest BCUT2D eigenvalue weighted by Crippen LogP contribution is -2.27. The van der Waals surface area contributed by atoms with Crippen LogP contribution in [0.25, 0.3) is 16.7 Å². The van der Waals surface area contributed by atoms with Gasteiger partial charge >= 0.3 is 12.1 Å². The molecule has 7 nitrogen and oxygen atoms in total. The Morgan fingerprint density at radius 3 is 2.65 bits per heavy atom. The van der Waals surface area contributed by atoms with Gasteiger partial charge in [-0.3, -0.25) is 14.2 Å². The van der Waals surface area contributed by atoms with E-state index in [0.29, 0.717) is 6.07 Å². The number of nitrogens with zero attached hydrogens (tertiary/aromatic N) is 4. The Kier molecular flexibility index (Phi) is 3.29. The van der Waals surface area contributed by atoms with Crippen molar-refractivity contribution in [3.8, 4) is 0 Å². The Balaban J connectivity index is 2.48. The molecule has 1 N–H and O–H groups in total. The number of carboxylic acid groups (broad SMARTS) is 1. The molecule has 0 saturated carbocycles. The fourth-order valence-corrected chi connectivity index (χ4v) is 2.40. The molecule has 0 unspecified atom stereocenters. The van der Waals surface area contributed by atoms with Gasteiger partial charge in [0, 0.05) is 0 Å². The maximum Gasteiger partial charge on any atom is 0.433 e. The first-order valence-corrected chi connectivity index (χ1v) is 6.43. The van der Waals surface area contributed by atoms with E-state index in [9.17, 15) is 22.8 Å². The number of halogens is 4. The lowest BCUT2D eigenvalue weighted by Gasteiger charge is -2.11. The summed E-state index contributed by atoms with van der Waals surface area (Å²) in [6, 6.07) is 1.58. The van der Waals surface area contributed by atoms with Crippen molar-refractivity contribution in [2.45, 2.75) is 12.7 Å². The molecule has 0 aliphatic carbocycles. The average Bonchev–Trinajstić information content (AvgIpc) is 2.84. The van der Waals surface area contributed by atoms with Gasteiger partial charge in [-0.05, 0) is 12.1 Å². The van der Waals surface area contributed by atoms with Crippen molar-refractivity contribution in [3.63, 3.8) is 0 Å². The smallest absolute Gasteiger partial charge is 0.433 e. The summed E-state index contributed by atoms with van der Waals surface area (Å²) in [5, 5.41) is 12.4. The van der Waals surface area contributed by atoms with E-state index in [-0.39, 0.29) is 21.7 Å². The fraction of sp³-hybridized carbons (Fsp3) is 0.167. The molecule has 23 heavy (non-hydrogen) atoms. The van der Waals surface area contributed by atoms with Crippen molar-refractivity contribution in [1.82, 2.24) is 19.2 Å². The first-order valence-electron chi connectivity index (χ1n) is 6.06. The van der Waals surface area contributed by atoms with Crippen LogP contribution in [0.2, 0.25) is 5.02 Å². The molecule has 11 heteroatoms. The normalized spacial score (nSPS) is 12.2. The molecule has 3 aromatic heterocycles. The van der Waals surface area contributed by atoms with Crippen LogP contribution in [0.5, 0.6) is 0 Å². The summed E-state index contributed by atoms with van der Waals surface area (Å²) < 4.78 is 40.1. The van der Waals surface area contributed by atoms with Gasteiger partial charge in [0.15, 0.2) is 11.3 Å². The monoisotopic (exact) mass is 346 g/mol. The minimum Gasteiger partial charge on any atom is -0.480 e. The highest BCUT2D eigenvalue weighted by Crippen LogP contribution is 2.29. The fourth-order valence-electron chi connectivity index (χ4n) is 2.18. The van der Waals surface area contributed by atoms with Gasteiger partial charge in [-0.1, -0.05) is 11.6 Å². The topological polar surface area (TPSA) is 89.5 Å². The predicted octanol–water partition coefficient (Wildman–Crippen LogP) is 1.80. The van der Waals surface area contributed by atoms with Crippen molar-refractivity contribution >= 4 is 34.3 Å². The summed E-state index contributed by atoms with van der Waals surface area (Å²) in [5.74, 6) is -1.31. The number of pyridine rings is 1. The molecule has 0 aromatic carbocycles. The first kappa shape index (κ1) is 15.3. The van der Waals surface area contributed by atoms with Gasteiger partial charge < -0.3 is 5.11 Å². The standard InChI is InChI=1S/C12H6ClF3N4O3/c13-6-3-17-20-9-5(1-2-7(18-9)12(14,15)16)11(23)19(10(6)20)4-8(21)22/h1-3H,4H2,(H,21,22). The molecule has 3 aromatic rings. The molecule has 0 spiro atoms. The zero-order valence-corrected chi connectivity index (χ0v) is 11.8. The Labute approximate surface area is 129 Å². The van der Waals surface area contributed by atoms with E-state index in [0.717, 1.165) is 21.3 Å². The number of hydrogen-bond acceptors (Lipinski definition) is 4. The number of rotatable bonds is 2. The van der Waals surface area contributed by atoms with E-state index < -0.39 is 29.9 Å². The molecule has 0 atom stereocenters. The molecule has 0 bridgehead atoms. The molecule has 0 saturated heterocycles. The molecular formula is C12H6ClF3N4O3. The molecular weight excluding hydrogens is 341 g/mol. The summed E-state index contributed by atoms with van der Waals surface area (Å²) in [6.45, 7) is -0.718. The average molecular weight is 347 g/mol. The largest absolute Gasteiger partial charge is 0.480 e. The minimum atomic E-state index is -4.70. The summed E-state index contributed by atoms with van der Waals surface area (Å²) in [7, 11) is 0. The molecule has 3 heterocycles. The Morgan fingerprint density at radius 2 is 2.04 bits per heavy atom. The zero-order valence-electron chi connectivity index (χ0n) is 11.0. The third-order valence-corrected chi connectivity index (χ3v) is 3.36. The molecule has 0 amide bonds. The zero-order chi connectivity index (χ0) is 16.9. The van der Waals surface area contributed by atoms with Crippen LogP contribution in [-0.4, -0.2) is 30.2 Å². The van der Waals surface area contributed by atoms with Gasteiger partial charge in [0.25, 0.3) is 5.56 Å². The van der Waals surface area contributed by atoms with Crippen molar-refractivity contribution < 1.29 is 23.1 Å². The second-order valence-electron chi connectivity index (χ2n) is 4.58.